The van der Waals surface area contributed by atoms with Crippen LogP contribution in [0.15, 0.2) is 18.2 Å². The number of nitrogens with two attached hydrogens (primary N) is 2. The third kappa shape index (κ3) is 2.91. The lowest BCUT2D eigenvalue weighted by molar-refractivity contribution is -0.385. The van der Waals surface area contributed by atoms with Gasteiger partial charge in [-0.3, -0.25) is 10.1 Å². The van der Waals surface area contributed by atoms with Gasteiger partial charge < -0.3 is 16.6 Å². The van der Waals surface area contributed by atoms with Crippen LogP contribution in [0, 0.1) is 10.1 Å². The Morgan fingerprint density at radius 1 is 1.50 bits per heavy atom. The van der Waals surface area contributed by atoms with Crippen molar-refractivity contribution in [2.45, 2.75) is 18.9 Å². The molecule has 0 fully saturated rings. The molecule has 1 atom stereocenters. The summed E-state index contributed by atoms with van der Waals surface area (Å²) in [5, 5.41) is 20.0. The van der Waals surface area contributed by atoms with E-state index >= 15 is 0 Å². The standard InChI is InChI=1S/C10H15N3O3/c11-5-1-2-9(12)8-6-7(14)3-4-10(8)13(15)16/h3-4,6,9,14H,1-2,5,11-12H2/t9-/m1/s1. The molecule has 0 aliphatic rings. The molecule has 0 saturated carbocycles. The first-order chi connectivity index (χ1) is 7.56. The number of benzene rings is 1. The molecule has 0 unspecified atom stereocenters. The first kappa shape index (κ1) is 12.4. The molecule has 0 aliphatic heterocycles. The quantitative estimate of drug-likeness (QED) is 0.511. The summed E-state index contributed by atoms with van der Waals surface area (Å²) in [5.74, 6) is -0.0243. The number of aromatic hydroxyl groups is 1. The van der Waals surface area contributed by atoms with Gasteiger partial charge in [0.05, 0.1) is 10.5 Å². The second-order valence-corrected chi connectivity index (χ2v) is 3.54. The summed E-state index contributed by atoms with van der Waals surface area (Å²) < 4.78 is 0. The first-order valence-corrected chi connectivity index (χ1v) is 4.99. The maximum atomic E-state index is 10.8. The Kier molecular flexibility index (Phi) is 4.21. The second-order valence-electron chi connectivity index (χ2n) is 3.54. The Balaban J connectivity index is 2.99. The van der Waals surface area contributed by atoms with E-state index in [0.29, 0.717) is 24.9 Å². The smallest absolute Gasteiger partial charge is 0.274 e. The molecular formula is C10H15N3O3. The molecule has 0 spiro atoms. The summed E-state index contributed by atoms with van der Waals surface area (Å²) in [6, 6.07) is 3.39. The van der Waals surface area contributed by atoms with E-state index in [0.717, 1.165) is 0 Å². The van der Waals surface area contributed by atoms with Gasteiger partial charge in [-0.05, 0) is 31.5 Å². The van der Waals surface area contributed by atoms with Gasteiger partial charge in [-0.1, -0.05) is 0 Å². The molecule has 1 rings (SSSR count). The lowest BCUT2D eigenvalue weighted by atomic mass is 10.0. The van der Waals surface area contributed by atoms with Crippen LogP contribution < -0.4 is 11.5 Å². The topological polar surface area (TPSA) is 115 Å². The van der Waals surface area contributed by atoms with Gasteiger partial charge in [0, 0.05) is 12.1 Å². The van der Waals surface area contributed by atoms with Crippen molar-refractivity contribution in [3.05, 3.63) is 33.9 Å². The predicted molar refractivity (Wildman–Crippen MR) is 60.0 cm³/mol. The van der Waals surface area contributed by atoms with Gasteiger partial charge in [-0.2, -0.15) is 0 Å². The van der Waals surface area contributed by atoms with Crippen LogP contribution in [-0.4, -0.2) is 16.6 Å². The second kappa shape index (κ2) is 5.43. The molecule has 5 N–H and O–H groups in total. The first-order valence-electron chi connectivity index (χ1n) is 4.99. The van der Waals surface area contributed by atoms with Crippen LogP contribution in [-0.2, 0) is 0 Å². The average Bonchev–Trinajstić information content (AvgIpc) is 2.25. The van der Waals surface area contributed by atoms with E-state index in [4.69, 9.17) is 11.5 Å². The van der Waals surface area contributed by atoms with E-state index in [1.54, 1.807) is 0 Å². The Hall–Kier alpha value is -1.66. The molecule has 0 saturated heterocycles. The fraction of sp³-hybridized carbons (Fsp3) is 0.400. The molecule has 1 aromatic rings. The number of hydrogen-bond acceptors (Lipinski definition) is 5. The number of nitrogens with zero attached hydrogens (tertiary/aromatic N) is 1. The van der Waals surface area contributed by atoms with Crippen LogP contribution in [0.4, 0.5) is 5.69 Å². The van der Waals surface area contributed by atoms with Gasteiger partial charge in [0.2, 0.25) is 0 Å². The minimum atomic E-state index is -0.503. The van der Waals surface area contributed by atoms with Gasteiger partial charge >= 0.3 is 0 Å². The number of rotatable bonds is 5. The Bertz CT molecular complexity index is 382. The van der Waals surface area contributed by atoms with Crippen LogP contribution in [0.25, 0.3) is 0 Å². The number of nitro benzene ring substituents is 1. The fourth-order valence-electron chi connectivity index (χ4n) is 1.50. The molecule has 0 radical (unpaired) electrons. The maximum absolute atomic E-state index is 10.8. The Morgan fingerprint density at radius 2 is 2.19 bits per heavy atom. The molecule has 0 amide bonds. The van der Waals surface area contributed by atoms with Crippen molar-refractivity contribution in [1.82, 2.24) is 0 Å². The van der Waals surface area contributed by atoms with E-state index in [1.165, 1.54) is 18.2 Å². The van der Waals surface area contributed by atoms with Crippen LogP contribution in [0.5, 0.6) is 5.75 Å². The largest absolute Gasteiger partial charge is 0.508 e. The molecule has 6 nitrogen and oxygen atoms in total. The Labute approximate surface area is 93.0 Å². The number of phenolic OH excluding ortho intramolecular Hbond substituents is 1. The van der Waals surface area contributed by atoms with Crippen molar-refractivity contribution in [1.29, 1.82) is 0 Å². The van der Waals surface area contributed by atoms with Gasteiger partial charge in [0.25, 0.3) is 5.69 Å². The predicted octanol–water partition coefficient (Wildman–Crippen LogP) is 1.04. The maximum Gasteiger partial charge on any atom is 0.274 e. The molecule has 6 heteroatoms. The zero-order chi connectivity index (χ0) is 12.1. The summed E-state index contributed by atoms with van der Waals surface area (Å²) in [6.07, 6.45) is 1.24. The highest BCUT2D eigenvalue weighted by molar-refractivity contribution is 5.46. The highest BCUT2D eigenvalue weighted by Gasteiger charge is 2.19. The van der Waals surface area contributed by atoms with Gasteiger partial charge in [0.15, 0.2) is 0 Å². The summed E-state index contributed by atoms with van der Waals surface area (Å²) in [5.41, 5.74) is 11.4. The van der Waals surface area contributed by atoms with Crippen molar-refractivity contribution in [3.8, 4) is 5.75 Å². The number of nitro groups is 1. The van der Waals surface area contributed by atoms with E-state index in [9.17, 15) is 15.2 Å². The zero-order valence-electron chi connectivity index (χ0n) is 8.80. The van der Waals surface area contributed by atoms with Crippen LogP contribution in [0.1, 0.15) is 24.4 Å². The van der Waals surface area contributed by atoms with Crippen LogP contribution >= 0.6 is 0 Å². The molecule has 0 aliphatic carbocycles. The fourth-order valence-corrected chi connectivity index (χ4v) is 1.50. The van der Waals surface area contributed by atoms with Crippen molar-refractivity contribution in [3.63, 3.8) is 0 Å². The average molecular weight is 225 g/mol. The summed E-state index contributed by atoms with van der Waals surface area (Å²) >= 11 is 0. The van der Waals surface area contributed by atoms with Crippen molar-refractivity contribution < 1.29 is 10.0 Å². The van der Waals surface area contributed by atoms with Gasteiger partial charge in [-0.25, -0.2) is 0 Å². The highest BCUT2D eigenvalue weighted by atomic mass is 16.6. The zero-order valence-corrected chi connectivity index (χ0v) is 8.80. The van der Waals surface area contributed by atoms with Gasteiger partial charge in [0.1, 0.15) is 5.75 Å². The summed E-state index contributed by atoms with van der Waals surface area (Å²) in [7, 11) is 0. The Morgan fingerprint density at radius 3 is 2.75 bits per heavy atom. The lowest BCUT2D eigenvalue weighted by Crippen LogP contribution is -2.14. The third-order valence-corrected chi connectivity index (χ3v) is 2.33. The molecule has 88 valence electrons. The SMILES string of the molecule is NCCC[C@@H](N)c1cc(O)ccc1[N+](=O)[O-]. The monoisotopic (exact) mass is 225 g/mol. The summed E-state index contributed by atoms with van der Waals surface area (Å²) in [6.45, 7) is 0.486. The van der Waals surface area contributed by atoms with E-state index in [1.807, 2.05) is 0 Å². The minimum absolute atomic E-state index is 0.0243. The molecule has 0 aromatic heterocycles. The summed E-state index contributed by atoms with van der Waals surface area (Å²) in [4.78, 5) is 10.3. The lowest BCUT2D eigenvalue weighted by Gasteiger charge is -2.11. The normalized spacial score (nSPS) is 12.4. The minimum Gasteiger partial charge on any atom is -0.508 e. The molecule has 1 aromatic carbocycles. The molecular weight excluding hydrogens is 210 g/mol. The van der Waals surface area contributed by atoms with Gasteiger partial charge in [-0.15, -0.1) is 0 Å². The number of phenols is 1. The van der Waals surface area contributed by atoms with Crippen molar-refractivity contribution in [2.75, 3.05) is 6.54 Å². The highest BCUT2D eigenvalue weighted by Crippen LogP contribution is 2.29. The van der Waals surface area contributed by atoms with Crippen LogP contribution in [0.3, 0.4) is 0 Å². The van der Waals surface area contributed by atoms with Crippen molar-refractivity contribution >= 4 is 5.69 Å². The third-order valence-electron chi connectivity index (χ3n) is 2.33. The molecule has 16 heavy (non-hydrogen) atoms. The van der Waals surface area contributed by atoms with Crippen molar-refractivity contribution in [2.24, 2.45) is 11.5 Å². The molecule has 0 bridgehead atoms. The van der Waals surface area contributed by atoms with E-state index < -0.39 is 11.0 Å². The number of hydrogen-bond donors (Lipinski definition) is 3. The molecule has 0 heterocycles. The van der Waals surface area contributed by atoms with Crippen LogP contribution in [0.2, 0.25) is 0 Å². The van der Waals surface area contributed by atoms with E-state index in [2.05, 4.69) is 0 Å². The van der Waals surface area contributed by atoms with E-state index in [-0.39, 0.29) is 11.4 Å².